The Labute approximate surface area is 164 Å². The molecule has 0 fully saturated rings. The molecule has 0 aliphatic carbocycles. The number of ether oxygens (including phenoxy) is 1. The average Bonchev–Trinajstić information content (AvgIpc) is 2.60. The highest BCUT2D eigenvalue weighted by atomic mass is 16.6. The number of alkyl carbamates (subject to hydrolysis) is 1. The summed E-state index contributed by atoms with van der Waals surface area (Å²) in [4.78, 5) is 23.9. The second-order valence-corrected chi connectivity index (χ2v) is 7.49. The molecule has 2 aromatic rings. The summed E-state index contributed by atoms with van der Waals surface area (Å²) in [7, 11) is 0. The van der Waals surface area contributed by atoms with Crippen molar-refractivity contribution in [2.45, 2.75) is 46.3 Å². The quantitative estimate of drug-likeness (QED) is 0.601. The molecule has 0 saturated heterocycles. The summed E-state index contributed by atoms with van der Waals surface area (Å²) < 4.78 is 5.11. The number of carbonyl (C=O) groups is 2. The summed E-state index contributed by atoms with van der Waals surface area (Å²) in [6, 6.07) is 6.13. The van der Waals surface area contributed by atoms with Crippen molar-refractivity contribution in [1.29, 1.82) is 0 Å². The first-order chi connectivity index (χ1) is 13.0. The molecule has 7 nitrogen and oxygen atoms in total. The van der Waals surface area contributed by atoms with E-state index in [9.17, 15) is 19.8 Å². The van der Waals surface area contributed by atoms with Gasteiger partial charge in [-0.1, -0.05) is 24.3 Å². The Morgan fingerprint density at radius 2 is 1.68 bits per heavy atom. The van der Waals surface area contributed by atoms with Crippen LogP contribution in [0, 0.1) is 6.92 Å². The van der Waals surface area contributed by atoms with E-state index in [0.717, 1.165) is 0 Å². The predicted molar refractivity (Wildman–Crippen MR) is 108 cm³/mol. The molecule has 28 heavy (non-hydrogen) atoms. The van der Waals surface area contributed by atoms with Crippen molar-refractivity contribution in [2.24, 2.45) is 0 Å². The van der Waals surface area contributed by atoms with Crippen LogP contribution in [0.5, 0.6) is 11.5 Å². The van der Waals surface area contributed by atoms with Crippen molar-refractivity contribution in [3.05, 3.63) is 41.6 Å². The lowest BCUT2D eigenvalue weighted by atomic mass is 9.98. The Morgan fingerprint density at radius 3 is 2.25 bits per heavy atom. The van der Waals surface area contributed by atoms with Gasteiger partial charge in [-0.15, -0.1) is 0 Å². The molecule has 0 radical (unpaired) electrons. The van der Waals surface area contributed by atoms with Gasteiger partial charge < -0.3 is 25.6 Å². The summed E-state index contributed by atoms with van der Waals surface area (Å²) in [5, 5.41) is 26.9. The number of fused-ring (bicyclic) bond motifs is 1. The molecule has 7 heteroatoms. The van der Waals surface area contributed by atoms with Crippen molar-refractivity contribution in [2.75, 3.05) is 0 Å². The zero-order valence-electron chi connectivity index (χ0n) is 16.7. The van der Waals surface area contributed by atoms with Gasteiger partial charge in [0.1, 0.15) is 23.1 Å². The highest BCUT2D eigenvalue weighted by Crippen LogP contribution is 2.39. The average molecular weight is 386 g/mol. The minimum absolute atomic E-state index is 0.0105. The Kier molecular flexibility index (Phi) is 6.18. The molecule has 150 valence electrons. The van der Waals surface area contributed by atoms with Crippen LogP contribution in [-0.2, 0) is 9.53 Å². The van der Waals surface area contributed by atoms with Gasteiger partial charge in [0.25, 0.3) is 0 Å². The first-order valence-electron chi connectivity index (χ1n) is 8.91. The Balaban J connectivity index is 2.10. The van der Waals surface area contributed by atoms with Crippen molar-refractivity contribution in [1.82, 2.24) is 10.6 Å². The van der Waals surface area contributed by atoms with E-state index >= 15 is 0 Å². The van der Waals surface area contributed by atoms with Gasteiger partial charge >= 0.3 is 6.09 Å². The summed E-state index contributed by atoms with van der Waals surface area (Å²) in [6.45, 7) is 8.39. The molecule has 1 atom stereocenters. The normalized spacial score (nSPS) is 12.8. The Bertz CT molecular complexity index is 929. The second-order valence-electron chi connectivity index (χ2n) is 7.49. The molecule has 2 rings (SSSR count). The molecule has 4 N–H and O–H groups in total. The van der Waals surface area contributed by atoms with Crippen LogP contribution >= 0.6 is 0 Å². The smallest absolute Gasteiger partial charge is 0.408 e. The van der Waals surface area contributed by atoms with Gasteiger partial charge in [0.2, 0.25) is 5.91 Å². The van der Waals surface area contributed by atoms with Crippen LogP contribution in [0.25, 0.3) is 16.8 Å². The Hall–Kier alpha value is -3.22. The van der Waals surface area contributed by atoms with E-state index in [2.05, 4.69) is 10.6 Å². The van der Waals surface area contributed by atoms with Gasteiger partial charge in [-0.3, -0.25) is 4.79 Å². The maximum atomic E-state index is 12.1. The van der Waals surface area contributed by atoms with E-state index in [1.54, 1.807) is 52.0 Å². The monoisotopic (exact) mass is 386 g/mol. The van der Waals surface area contributed by atoms with Crippen LogP contribution in [0.1, 0.15) is 38.8 Å². The maximum absolute atomic E-state index is 12.1. The predicted octanol–water partition coefficient (Wildman–Crippen LogP) is 3.56. The third-order valence-corrected chi connectivity index (χ3v) is 4.05. The number of rotatable bonds is 4. The largest absolute Gasteiger partial charge is 0.507 e. The standard InChI is InChI=1S/C21H26N2O5/c1-12-14(18(25)16-9-7-6-8-15(16)17(12)24)10-11-22-19(26)13(2)23-20(27)28-21(3,4)5/h6-11,13,24-25H,1-5H3,(H,22,26)(H,23,27). The number of amides is 2. The number of aromatic hydroxyl groups is 2. The van der Waals surface area contributed by atoms with Gasteiger partial charge in [-0.25, -0.2) is 4.79 Å². The molecule has 0 heterocycles. The lowest BCUT2D eigenvalue weighted by molar-refractivity contribution is -0.121. The van der Waals surface area contributed by atoms with E-state index in [1.807, 2.05) is 0 Å². The van der Waals surface area contributed by atoms with Crippen LogP contribution in [-0.4, -0.2) is 33.9 Å². The number of hydrogen-bond acceptors (Lipinski definition) is 5. The zero-order valence-corrected chi connectivity index (χ0v) is 16.7. The van der Waals surface area contributed by atoms with Crippen LogP contribution < -0.4 is 10.6 Å². The molecule has 0 bridgehead atoms. The summed E-state index contributed by atoms with van der Waals surface area (Å²) >= 11 is 0. The van der Waals surface area contributed by atoms with Crippen LogP contribution in [0.3, 0.4) is 0 Å². The highest BCUT2D eigenvalue weighted by molar-refractivity contribution is 5.97. The van der Waals surface area contributed by atoms with Crippen molar-refractivity contribution in [3.63, 3.8) is 0 Å². The third-order valence-electron chi connectivity index (χ3n) is 4.05. The summed E-state index contributed by atoms with van der Waals surface area (Å²) in [6.07, 6.45) is 2.16. The van der Waals surface area contributed by atoms with Gasteiger partial charge in [0.15, 0.2) is 0 Å². The van der Waals surface area contributed by atoms with Gasteiger partial charge in [0.05, 0.1) is 0 Å². The summed E-state index contributed by atoms with van der Waals surface area (Å²) in [5.74, 6) is -0.375. The molecule has 1 unspecified atom stereocenters. The van der Waals surface area contributed by atoms with Crippen LogP contribution in [0.15, 0.2) is 30.5 Å². The number of phenols is 2. The molecular formula is C21H26N2O5. The summed E-state index contributed by atoms with van der Waals surface area (Å²) in [5.41, 5.74) is 0.221. The van der Waals surface area contributed by atoms with E-state index in [0.29, 0.717) is 21.9 Å². The lowest BCUT2D eigenvalue weighted by Crippen LogP contribution is -2.45. The lowest BCUT2D eigenvalue weighted by Gasteiger charge is -2.21. The van der Waals surface area contributed by atoms with Crippen LogP contribution in [0.4, 0.5) is 4.79 Å². The molecule has 0 spiro atoms. The van der Waals surface area contributed by atoms with Gasteiger partial charge in [0, 0.05) is 28.1 Å². The molecule has 2 aromatic carbocycles. The third kappa shape index (κ3) is 4.94. The number of benzene rings is 2. The van der Waals surface area contributed by atoms with Crippen molar-refractivity contribution < 1.29 is 24.5 Å². The van der Waals surface area contributed by atoms with E-state index < -0.39 is 23.6 Å². The van der Waals surface area contributed by atoms with E-state index in [1.165, 1.54) is 19.2 Å². The first kappa shape index (κ1) is 21.1. The second kappa shape index (κ2) is 8.21. The van der Waals surface area contributed by atoms with Gasteiger partial charge in [-0.05, 0) is 40.7 Å². The van der Waals surface area contributed by atoms with Crippen LogP contribution in [0.2, 0.25) is 0 Å². The van der Waals surface area contributed by atoms with Crippen molar-refractivity contribution in [3.8, 4) is 11.5 Å². The van der Waals surface area contributed by atoms with Gasteiger partial charge in [-0.2, -0.15) is 0 Å². The molecule has 0 aliphatic heterocycles. The fraction of sp³-hybridized carbons (Fsp3) is 0.333. The topological polar surface area (TPSA) is 108 Å². The minimum Gasteiger partial charge on any atom is -0.507 e. The number of phenolic OH excluding ortho intramolecular Hbond substituents is 2. The van der Waals surface area contributed by atoms with E-state index in [4.69, 9.17) is 4.74 Å². The SMILES string of the molecule is Cc1c(C=CNC(=O)C(C)NC(=O)OC(C)(C)C)c(O)c2ccccc2c1O. The molecule has 0 aliphatic rings. The van der Waals surface area contributed by atoms with E-state index in [-0.39, 0.29) is 11.5 Å². The minimum atomic E-state index is -0.820. The highest BCUT2D eigenvalue weighted by Gasteiger charge is 2.20. The maximum Gasteiger partial charge on any atom is 0.408 e. The molecule has 0 aromatic heterocycles. The molecule has 2 amide bonds. The Morgan fingerprint density at radius 1 is 1.11 bits per heavy atom. The van der Waals surface area contributed by atoms with Crippen molar-refractivity contribution >= 4 is 28.8 Å². The molecule has 0 saturated carbocycles. The fourth-order valence-corrected chi connectivity index (χ4v) is 2.63. The number of hydrogen-bond donors (Lipinski definition) is 4. The number of nitrogens with one attached hydrogen (secondary N) is 2. The fourth-order valence-electron chi connectivity index (χ4n) is 2.63. The number of carbonyl (C=O) groups excluding carboxylic acids is 2. The first-order valence-corrected chi connectivity index (χ1v) is 8.91. The zero-order chi connectivity index (χ0) is 21.1. The molecular weight excluding hydrogens is 360 g/mol.